The summed E-state index contributed by atoms with van der Waals surface area (Å²) in [5.74, 6) is 2.70. The van der Waals surface area contributed by atoms with Crippen molar-refractivity contribution in [1.29, 1.82) is 0 Å². The predicted octanol–water partition coefficient (Wildman–Crippen LogP) is 4.27. The van der Waals surface area contributed by atoms with Crippen LogP contribution in [0.15, 0.2) is 72.9 Å². The maximum absolute atomic E-state index is 4.92. The van der Waals surface area contributed by atoms with Crippen molar-refractivity contribution in [2.75, 3.05) is 41.3 Å². The van der Waals surface area contributed by atoms with E-state index in [2.05, 4.69) is 69.5 Å². The monoisotopic (exact) mass is 410 g/mol. The molecule has 0 atom stereocenters. The molecule has 1 fully saturated rings. The van der Waals surface area contributed by atoms with E-state index >= 15 is 0 Å². The molecule has 0 aliphatic carbocycles. The van der Waals surface area contributed by atoms with Gasteiger partial charge in [-0.2, -0.15) is 4.98 Å². The van der Waals surface area contributed by atoms with Crippen LogP contribution in [0.25, 0.3) is 10.9 Å². The Balaban J connectivity index is 1.36. The van der Waals surface area contributed by atoms with Gasteiger partial charge in [0, 0.05) is 44.3 Å². The van der Waals surface area contributed by atoms with Gasteiger partial charge in [0.1, 0.15) is 11.6 Å². The second kappa shape index (κ2) is 8.60. The maximum Gasteiger partial charge on any atom is 0.228 e. The van der Waals surface area contributed by atoms with Gasteiger partial charge in [0.25, 0.3) is 0 Å². The van der Waals surface area contributed by atoms with Crippen LogP contribution in [0.2, 0.25) is 0 Å². The molecule has 0 bridgehead atoms. The van der Waals surface area contributed by atoms with Crippen LogP contribution in [0.5, 0.6) is 0 Å². The maximum atomic E-state index is 4.92. The van der Waals surface area contributed by atoms with E-state index in [0.717, 1.165) is 61.2 Å². The summed E-state index contributed by atoms with van der Waals surface area (Å²) >= 11 is 0. The summed E-state index contributed by atoms with van der Waals surface area (Å²) in [5, 5.41) is 4.59. The zero-order chi connectivity index (χ0) is 21.0. The molecule has 0 unspecified atom stereocenters. The summed E-state index contributed by atoms with van der Waals surface area (Å²) in [6.07, 6.45) is 1.85. The lowest BCUT2D eigenvalue weighted by molar-refractivity contribution is 0.636. The molecule has 2 aromatic carbocycles. The minimum absolute atomic E-state index is 0.730. The molecule has 1 aliphatic heterocycles. The Morgan fingerprint density at radius 2 is 1.55 bits per heavy atom. The fourth-order valence-electron chi connectivity index (χ4n) is 3.91. The number of pyridine rings is 1. The quantitative estimate of drug-likeness (QED) is 0.530. The molecule has 4 aromatic rings. The van der Waals surface area contributed by atoms with Crippen molar-refractivity contribution < 1.29 is 0 Å². The van der Waals surface area contributed by atoms with Crippen molar-refractivity contribution in [1.82, 2.24) is 15.0 Å². The predicted molar refractivity (Wildman–Crippen MR) is 127 cm³/mol. The van der Waals surface area contributed by atoms with E-state index in [0.29, 0.717) is 0 Å². The highest BCUT2D eigenvalue weighted by Gasteiger charge is 2.21. The molecule has 6 nitrogen and oxygen atoms in total. The summed E-state index contributed by atoms with van der Waals surface area (Å²) in [4.78, 5) is 18.8. The largest absolute Gasteiger partial charge is 0.365 e. The molecule has 1 saturated heterocycles. The van der Waals surface area contributed by atoms with Crippen LogP contribution in [-0.4, -0.2) is 41.1 Å². The van der Waals surface area contributed by atoms with Crippen LogP contribution in [0, 0.1) is 6.92 Å². The summed E-state index contributed by atoms with van der Waals surface area (Å²) < 4.78 is 0. The van der Waals surface area contributed by atoms with Gasteiger partial charge in [-0.1, -0.05) is 48.0 Å². The molecule has 2 aromatic heterocycles. The molecule has 3 heterocycles. The number of anilines is 3. The fourth-order valence-corrected chi connectivity index (χ4v) is 3.91. The minimum Gasteiger partial charge on any atom is -0.365 e. The van der Waals surface area contributed by atoms with Crippen molar-refractivity contribution in [2.24, 2.45) is 0 Å². The Hall–Kier alpha value is -3.67. The molecule has 0 spiro atoms. The molecular formula is C25H26N6. The number of fused-ring (bicyclic) bond motifs is 1. The van der Waals surface area contributed by atoms with Crippen molar-refractivity contribution >= 4 is 28.5 Å². The molecule has 1 N–H and O–H groups in total. The first-order chi connectivity index (χ1) is 15.3. The van der Waals surface area contributed by atoms with Crippen molar-refractivity contribution in [3.8, 4) is 0 Å². The van der Waals surface area contributed by atoms with Crippen molar-refractivity contribution in [3.63, 3.8) is 0 Å². The third kappa shape index (κ3) is 4.28. The minimum atomic E-state index is 0.730. The van der Waals surface area contributed by atoms with E-state index < -0.39 is 0 Å². The molecule has 156 valence electrons. The summed E-state index contributed by atoms with van der Waals surface area (Å²) in [6, 6.07) is 22.8. The number of nitrogens with zero attached hydrogens (tertiary/aromatic N) is 5. The second-order valence-corrected chi connectivity index (χ2v) is 7.89. The van der Waals surface area contributed by atoms with Crippen LogP contribution < -0.4 is 15.1 Å². The topological polar surface area (TPSA) is 57.2 Å². The fraction of sp³-hybridized carbons (Fsp3) is 0.240. The van der Waals surface area contributed by atoms with Crippen molar-refractivity contribution in [2.45, 2.75) is 13.5 Å². The van der Waals surface area contributed by atoms with Crippen LogP contribution in [0.1, 0.15) is 11.1 Å². The molecular weight excluding hydrogens is 384 g/mol. The van der Waals surface area contributed by atoms with Crippen LogP contribution in [0.3, 0.4) is 0 Å². The number of nitrogens with one attached hydrogen (secondary N) is 1. The molecule has 0 saturated carbocycles. The molecule has 31 heavy (non-hydrogen) atoms. The van der Waals surface area contributed by atoms with Crippen LogP contribution in [-0.2, 0) is 6.54 Å². The Kier molecular flexibility index (Phi) is 5.35. The average molecular weight is 411 g/mol. The van der Waals surface area contributed by atoms with Gasteiger partial charge in [-0.05, 0) is 36.8 Å². The standard InChI is InChI=1S/C25H26N6/c1-19-9-11-20(12-10-19)18-27-24-21-6-2-3-7-22(21)28-25(29-24)31-16-14-30(15-17-31)23-8-4-5-13-26-23/h2-13H,14-18H2,1H3,(H,27,28,29). The van der Waals surface area contributed by atoms with E-state index in [1.807, 2.05) is 30.5 Å². The summed E-state index contributed by atoms with van der Waals surface area (Å²) in [5.41, 5.74) is 3.47. The van der Waals surface area contributed by atoms with E-state index in [4.69, 9.17) is 9.97 Å². The average Bonchev–Trinajstić information content (AvgIpc) is 2.84. The number of aromatic nitrogens is 3. The molecule has 0 radical (unpaired) electrons. The van der Waals surface area contributed by atoms with Crippen LogP contribution >= 0.6 is 0 Å². The highest BCUT2D eigenvalue weighted by Crippen LogP contribution is 2.25. The smallest absolute Gasteiger partial charge is 0.228 e. The highest BCUT2D eigenvalue weighted by atomic mass is 15.3. The summed E-state index contributed by atoms with van der Waals surface area (Å²) in [6.45, 7) is 6.38. The molecule has 5 rings (SSSR count). The van der Waals surface area contributed by atoms with Crippen LogP contribution in [0.4, 0.5) is 17.6 Å². The third-order valence-electron chi connectivity index (χ3n) is 5.71. The van der Waals surface area contributed by atoms with E-state index in [1.54, 1.807) is 0 Å². The Morgan fingerprint density at radius 3 is 2.32 bits per heavy atom. The van der Waals surface area contributed by atoms with Gasteiger partial charge < -0.3 is 15.1 Å². The lowest BCUT2D eigenvalue weighted by atomic mass is 10.1. The second-order valence-electron chi connectivity index (χ2n) is 7.89. The number of para-hydroxylation sites is 1. The zero-order valence-corrected chi connectivity index (χ0v) is 17.7. The van der Waals surface area contributed by atoms with Crippen molar-refractivity contribution in [3.05, 3.63) is 84.1 Å². The highest BCUT2D eigenvalue weighted by molar-refractivity contribution is 5.90. The Morgan fingerprint density at radius 1 is 0.806 bits per heavy atom. The van der Waals surface area contributed by atoms with Gasteiger partial charge >= 0.3 is 0 Å². The normalized spacial score (nSPS) is 14.1. The number of hydrogen-bond donors (Lipinski definition) is 1. The molecule has 6 heteroatoms. The zero-order valence-electron chi connectivity index (χ0n) is 17.7. The SMILES string of the molecule is Cc1ccc(CNc2nc(N3CCN(c4ccccn4)CC3)nc3ccccc23)cc1. The number of rotatable bonds is 5. The first kappa shape index (κ1) is 19.3. The van der Waals surface area contributed by atoms with Gasteiger partial charge in [0.05, 0.1) is 5.52 Å². The van der Waals surface area contributed by atoms with Gasteiger partial charge in [-0.25, -0.2) is 9.97 Å². The number of hydrogen-bond acceptors (Lipinski definition) is 6. The number of piperazine rings is 1. The third-order valence-corrected chi connectivity index (χ3v) is 5.71. The summed E-state index contributed by atoms with van der Waals surface area (Å²) in [7, 11) is 0. The van der Waals surface area contributed by atoms with Gasteiger partial charge in [0.15, 0.2) is 0 Å². The van der Waals surface area contributed by atoms with Gasteiger partial charge in [-0.3, -0.25) is 0 Å². The molecule has 1 aliphatic rings. The number of benzene rings is 2. The Labute approximate surface area is 182 Å². The van der Waals surface area contributed by atoms with Gasteiger partial charge in [0.2, 0.25) is 5.95 Å². The van der Waals surface area contributed by atoms with E-state index in [-0.39, 0.29) is 0 Å². The lowest BCUT2D eigenvalue weighted by Gasteiger charge is -2.35. The number of aryl methyl sites for hydroxylation is 1. The Bertz CT molecular complexity index is 1150. The first-order valence-electron chi connectivity index (χ1n) is 10.7. The lowest BCUT2D eigenvalue weighted by Crippen LogP contribution is -2.47. The molecule has 0 amide bonds. The first-order valence-corrected chi connectivity index (χ1v) is 10.7. The van der Waals surface area contributed by atoms with E-state index in [9.17, 15) is 0 Å². The van der Waals surface area contributed by atoms with Gasteiger partial charge in [-0.15, -0.1) is 0 Å². The van der Waals surface area contributed by atoms with E-state index in [1.165, 1.54) is 11.1 Å².